The molecule has 1 heterocycles. The van der Waals surface area contributed by atoms with Crippen molar-refractivity contribution in [2.24, 2.45) is 0 Å². The molecule has 0 bridgehead atoms. The SMILES string of the molecule is CCN(CCO)C(C)C(=O)N1CCCC1. The lowest BCUT2D eigenvalue weighted by Crippen LogP contribution is -2.47. The second-order valence-corrected chi connectivity index (χ2v) is 4.06. The second-order valence-electron chi connectivity index (χ2n) is 4.06. The minimum atomic E-state index is -0.0970. The first-order chi connectivity index (χ1) is 7.20. The predicted octanol–water partition coefficient (Wildman–Crippen LogP) is 0.311. The minimum Gasteiger partial charge on any atom is -0.395 e. The number of hydrogen-bond acceptors (Lipinski definition) is 3. The molecule has 1 fully saturated rings. The molecule has 4 heteroatoms. The zero-order valence-electron chi connectivity index (χ0n) is 9.78. The van der Waals surface area contributed by atoms with E-state index >= 15 is 0 Å². The Hall–Kier alpha value is -0.610. The van der Waals surface area contributed by atoms with Gasteiger partial charge in [-0.2, -0.15) is 0 Å². The smallest absolute Gasteiger partial charge is 0.239 e. The lowest BCUT2D eigenvalue weighted by Gasteiger charge is -2.29. The van der Waals surface area contributed by atoms with Gasteiger partial charge in [-0.25, -0.2) is 0 Å². The number of likely N-dealkylation sites (tertiary alicyclic amines) is 1. The standard InChI is InChI=1S/C11H22N2O2/c1-3-12(8-9-14)10(2)11(15)13-6-4-5-7-13/h10,14H,3-9H2,1-2H3. The molecule has 0 spiro atoms. The third-order valence-electron chi connectivity index (χ3n) is 3.12. The molecule has 1 aliphatic rings. The van der Waals surface area contributed by atoms with Gasteiger partial charge in [0.25, 0.3) is 0 Å². The van der Waals surface area contributed by atoms with Crippen LogP contribution < -0.4 is 0 Å². The Labute approximate surface area is 91.9 Å². The van der Waals surface area contributed by atoms with Crippen LogP contribution in [-0.4, -0.2) is 59.6 Å². The monoisotopic (exact) mass is 214 g/mol. The summed E-state index contributed by atoms with van der Waals surface area (Å²) < 4.78 is 0. The summed E-state index contributed by atoms with van der Waals surface area (Å²) >= 11 is 0. The number of nitrogens with zero attached hydrogens (tertiary/aromatic N) is 2. The van der Waals surface area contributed by atoms with Gasteiger partial charge in [-0.3, -0.25) is 9.69 Å². The van der Waals surface area contributed by atoms with Crippen molar-refractivity contribution in [3.8, 4) is 0 Å². The highest BCUT2D eigenvalue weighted by atomic mass is 16.3. The Morgan fingerprint density at radius 2 is 2.07 bits per heavy atom. The Morgan fingerprint density at radius 1 is 1.47 bits per heavy atom. The summed E-state index contributed by atoms with van der Waals surface area (Å²) in [6.45, 7) is 7.26. The molecule has 0 aromatic carbocycles. The fourth-order valence-electron chi connectivity index (χ4n) is 2.11. The fraction of sp³-hybridized carbons (Fsp3) is 0.909. The van der Waals surface area contributed by atoms with Crippen molar-refractivity contribution < 1.29 is 9.90 Å². The van der Waals surface area contributed by atoms with Crippen molar-refractivity contribution in [1.82, 2.24) is 9.80 Å². The van der Waals surface area contributed by atoms with Crippen molar-refractivity contribution >= 4 is 5.91 Å². The molecular weight excluding hydrogens is 192 g/mol. The van der Waals surface area contributed by atoms with Crippen LogP contribution in [-0.2, 0) is 4.79 Å². The molecule has 0 saturated carbocycles. The Morgan fingerprint density at radius 3 is 2.53 bits per heavy atom. The molecule has 0 aliphatic carbocycles. The predicted molar refractivity (Wildman–Crippen MR) is 59.6 cm³/mol. The number of likely N-dealkylation sites (N-methyl/N-ethyl adjacent to an activating group) is 1. The first kappa shape index (κ1) is 12.5. The van der Waals surface area contributed by atoms with Crippen LogP contribution >= 0.6 is 0 Å². The topological polar surface area (TPSA) is 43.8 Å². The first-order valence-electron chi connectivity index (χ1n) is 5.84. The van der Waals surface area contributed by atoms with Gasteiger partial charge in [0, 0.05) is 19.6 Å². The van der Waals surface area contributed by atoms with Crippen molar-refractivity contribution in [2.45, 2.75) is 32.7 Å². The van der Waals surface area contributed by atoms with Gasteiger partial charge >= 0.3 is 0 Å². The molecule has 1 saturated heterocycles. The van der Waals surface area contributed by atoms with E-state index in [-0.39, 0.29) is 18.6 Å². The van der Waals surface area contributed by atoms with Crippen LogP contribution in [0.5, 0.6) is 0 Å². The van der Waals surface area contributed by atoms with E-state index in [4.69, 9.17) is 5.11 Å². The molecule has 0 radical (unpaired) electrons. The summed E-state index contributed by atoms with van der Waals surface area (Å²) in [6.07, 6.45) is 2.26. The number of carbonyl (C=O) groups is 1. The van der Waals surface area contributed by atoms with E-state index in [1.54, 1.807) is 0 Å². The molecule has 0 aromatic heterocycles. The third kappa shape index (κ3) is 3.18. The van der Waals surface area contributed by atoms with E-state index in [0.717, 1.165) is 32.5 Å². The number of rotatable bonds is 5. The van der Waals surface area contributed by atoms with E-state index < -0.39 is 0 Å². The molecular formula is C11H22N2O2. The first-order valence-corrected chi connectivity index (χ1v) is 5.84. The second kappa shape index (κ2) is 6.08. The number of carbonyl (C=O) groups excluding carboxylic acids is 1. The van der Waals surface area contributed by atoms with Crippen molar-refractivity contribution in [3.05, 3.63) is 0 Å². The minimum absolute atomic E-state index is 0.0970. The highest BCUT2D eigenvalue weighted by Gasteiger charge is 2.26. The van der Waals surface area contributed by atoms with Gasteiger partial charge in [0.1, 0.15) is 0 Å². The van der Waals surface area contributed by atoms with E-state index in [0.29, 0.717) is 6.54 Å². The largest absolute Gasteiger partial charge is 0.395 e. The molecule has 15 heavy (non-hydrogen) atoms. The van der Waals surface area contributed by atoms with Gasteiger partial charge < -0.3 is 10.0 Å². The highest BCUT2D eigenvalue weighted by Crippen LogP contribution is 2.11. The van der Waals surface area contributed by atoms with Gasteiger partial charge in [0.15, 0.2) is 0 Å². The van der Waals surface area contributed by atoms with Crippen molar-refractivity contribution in [3.63, 3.8) is 0 Å². The van der Waals surface area contributed by atoms with Gasteiger partial charge in [-0.1, -0.05) is 6.92 Å². The van der Waals surface area contributed by atoms with E-state index in [1.807, 2.05) is 23.6 Å². The fourth-order valence-corrected chi connectivity index (χ4v) is 2.11. The number of aliphatic hydroxyl groups excluding tert-OH is 1. The van der Waals surface area contributed by atoms with Gasteiger partial charge in [-0.05, 0) is 26.3 Å². The number of amides is 1. The van der Waals surface area contributed by atoms with Crippen molar-refractivity contribution in [2.75, 3.05) is 32.8 Å². The summed E-state index contributed by atoms with van der Waals surface area (Å²) in [5.41, 5.74) is 0. The van der Waals surface area contributed by atoms with Gasteiger partial charge in [-0.15, -0.1) is 0 Å². The molecule has 4 nitrogen and oxygen atoms in total. The van der Waals surface area contributed by atoms with E-state index in [1.165, 1.54) is 0 Å². The molecule has 1 aliphatic heterocycles. The molecule has 1 rings (SSSR count). The number of hydrogen-bond donors (Lipinski definition) is 1. The molecule has 1 amide bonds. The Kier molecular flexibility index (Phi) is 5.05. The lowest BCUT2D eigenvalue weighted by molar-refractivity contribution is -0.135. The van der Waals surface area contributed by atoms with Gasteiger partial charge in [0.05, 0.1) is 12.6 Å². The van der Waals surface area contributed by atoms with Crippen LogP contribution in [0.1, 0.15) is 26.7 Å². The van der Waals surface area contributed by atoms with E-state index in [2.05, 4.69) is 0 Å². The summed E-state index contributed by atoms with van der Waals surface area (Å²) in [5, 5.41) is 8.90. The average molecular weight is 214 g/mol. The summed E-state index contributed by atoms with van der Waals surface area (Å²) in [7, 11) is 0. The summed E-state index contributed by atoms with van der Waals surface area (Å²) in [5.74, 6) is 0.211. The lowest BCUT2D eigenvalue weighted by atomic mass is 10.2. The third-order valence-corrected chi connectivity index (χ3v) is 3.12. The van der Waals surface area contributed by atoms with E-state index in [9.17, 15) is 4.79 Å². The highest BCUT2D eigenvalue weighted by molar-refractivity contribution is 5.81. The Bertz CT molecular complexity index is 203. The molecule has 1 N–H and O–H groups in total. The molecule has 1 unspecified atom stereocenters. The van der Waals surface area contributed by atoms with Crippen LogP contribution in [0.2, 0.25) is 0 Å². The Balaban J connectivity index is 2.48. The van der Waals surface area contributed by atoms with Crippen LogP contribution in [0, 0.1) is 0 Å². The van der Waals surface area contributed by atoms with Gasteiger partial charge in [0.2, 0.25) is 5.91 Å². The summed E-state index contributed by atoms with van der Waals surface area (Å²) in [6, 6.07) is -0.0970. The zero-order valence-corrected chi connectivity index (χ0v) is 9.78. The van der Waals surface area contributed by atoms with Crippen LogP contribution in [0.15, 0.2) is 0 Å². The quantitative estimate of drug-likeness (QED) is 0.716. The summed E-state index contributed by atoms with van der Waals surface area (Å²) in [4.78, 5) is 16.0. The average Bonchev–Trinajstić information content (AvgIpc) is 2.77. The molecule has 1 atom stereocenters. The van der Waals surface area contributed by atoms with Crippen LogP contribution in [0.3, 0.4) is 0 Å². The van der Waals surface area contributed by atoms with Crippen LogP contribution in [0.4, 0.5) is 0 Å². The normalized spacial score (nSPS) is 18.5. The van der Waals surface area contributed by atoms with Crippen molar-refractivity contribution in [1.29, 1.82) is 0 Å². The number of aliphatic hydroxyl groups is 1. The maximum absolute atomic E-state index is 12.0. The van der Waals surface area contributed by atoms with Crippen LogP contribution in [0.25, 0.3) is 0 Å². The maximum atomic E-state index is 12.0. The maximum Gasteiger partial charge on any atom is 0.239 e. The zero-order chi connectivity index (χ0) is 11.3. The molecule has 88 valence electrons. The molecule has 0 aromatic rings.